The number of Topliss-reactive ketones (excluding diaryl/α,β-unsaturated/α-hetero) is 1. The molecule has 15 atom stereocenters. The third-order valence-electron chi connectivity index (χ3n) is 14.5. The molecule has 0 bridgehead atoms. The van der Waals surface area contributed by atoms with Crippen LogP contribution in [-0.2, 0) is 38.0 Å². The second-order valence-electron chi connectivity index (χ2n) is 22.2. The van der Waals surface area contributed by atoms with E-state index in [1.165, 1.54) is 0 Å². The maximum absolute atomic E-state index is 13.2. The number of aliphatic hydroxyl groups excluding tert-OH is 3. The van der Waals surface area contributed by atoms with Crippen molar-refractivity contribution < 1.29 is 53.3 Å². The van der Waals surface area contributed by atoms with Crippen LogP contribution in [0.5, 0.6) is 0 Å². The van der Waals surface area contributed by atoms with Crippen LogP contribution in [0.15, 0.2) is 0 Å². The molecule has 3 fully saturated rings. The number of ketones is 1. The Hall–Kier alpha value is -1.22. The van der Waals surface area contributed by atoms with E-state index in [9.17, 15) is 24.9 Å². The SMILES string of the molecule is C.CC1CC(N(C)C)C(O)C(C(C)(C)C)O1.COC1(C)CC(OC(C)C)OC(C)C1O.COC1C(C)C(C)(C)C(C)C(=O)OC(C)C(C)(C)C(O)C(C)C(=O)C(C)CC1(C)C. The van der Waals surface area contributed by atoms with E-state index in [0.717, 1.165) is 6.42 Å². The van der Waals surface area contributed by atoms with Crippen molar-refractivity contribution >= 4 is 11.8 Å². The van der Waals surface area contributed by atoms with Gasteiger partial charge in [0.15, 0.2) is 6.29 Å². The highest BCUT2D eigenvalue weighted by molar-refractivity contribution is 5.83. The van der Waals surface area contributed by atoms with Gasteiger partial charge in [-0.05, 0) is 90.6 Å². The molecule has 0 radical (unpaired) electrons. The van der Waals surface area contributed by atoms with Gasteiger partial charge in [-0.2, -0.15) is 0 Å². The highest BCUT2D eigenvalue weighted by atomic mass is 16.7. The van der Waals surface area contributed by atoms with Crippen molar-refractivity contribution in [3.8, 4) is 0 Å². The van der Waals surface area contributed by atoms with Gasteiger partial charge in [-0.1, -0.05) is 97.4 Å². The van der Waals surface area contributed by atoms with E-state index in [0.29, 0.717) is 12.8 Å². The molecule has 364 valence electrons. The van der Waals surface area contributed by atoms with Crippen LogP contribution >= 0.6 is 0 Å². The van der Waals surface area contributed by atoms with Gasteiger partial charge in [0.2, 0.25) is 0 Å². The Morgan fingerprint density at radius 1 is 0.803 bits per heavy atom. The Kier molecular flexibility index (Phi) is 22.8. The topological polar surface area (TPSA) is 153 Å². The van der Waals surface area contributed by atoms with Crippen LogP contribution in [0, 0.1) is 45.3 Å². The van der Waals surface area contributed by atoms with E-state index in [1.54, 1.807) is 28.1 Å². The van der Waals surface area contributed by atoms with Crippen molar-refractivity contribution in [2.75, 3.05) is 28.3 Å². The van der Waals surface area contributed by atoms with Crippen LogP contribution in [0.1, 0.15) is 158 Å². The van der Waals surface area contributed by atoms with Crippen LogP contribution in [0.2, 0.25) is 0 Å². The Bertz CT molecular complexity index is 1330. The molecule has 3 aliphatic rings. The van der Waals surface area contributed by atoms with E-state index in [-0.39, 0.29) is 96.0 Å². The zero-order valence-electron chi connectivity index (χ0n) is 42.3. The van der Waals surface area contributed by atoms with Crippen LogP contribution < -0.4 is 0 Å². The lowest BCUT2D eigenvalue weighted by Gasteiger charge is -2.47. The van der Waals surface area contributed by atoms with Crippen LogP contribution in [-0.4, -0.2) is 133 Å². The molecule has 0 spiro atoms. The number of esters is 1. The molecule has 3 N–H and O–H groups in total. The second kappa shape index (κ2) is 23.3. The maximum Gasteiger partial charge on any atom is 0.309 e. The van der Waals surface area contributed by atoms with Gasteiger partial charge >= 0.3 is 5.97 Å². The van der Waals surface area contributed by atoms with Gasteiger partial charge in [0.1, 0.15) is 18.0 Å². The molecular weight excluding hydrogens is 779 g/mol. The van der Waals surface area contributed by atoms with Crippen molar-refractivity contribution in [2.45, 2.75) is 231 Å². The van der Waals surface area contributed by atoms with Gasteiger partial charge < -0.3 is 48.6 Å². The molecule has 12 heteroatoms. The first-order valence-electron chi connectivity index (χ1n) is 22.5. The molecular formula is C49H97NO11. The first kappa shape index (κ1) is 59.8. The fourth-order valence-electron chi connectivity index (χ4n) is 9.41. The zero-order chi connectivity index (χ0) is 47.3. The fourth-order valence-corrected chi connectivity index (χ4v) is 9.41. The van der Waals surface area contributed by atoms with Gasteiger partial charge in [0.25, 0.3) is 0 Å². The lowest BCUT2D eigenvalue weighted by Crippen LogP contribution is -2.57. The minimum Gasteiger partial charge on any atom is -0.462 e. The van der Waals surface area contributed by atoms with E-state index in [4.69, 9.17) is 28.4 Å². The number of ether oxygens (including phenoxy) is 6. The van der Waals surface area contributed by atoms with E-state index in [2.05, 4.69) is 67.2 Å². The normalized spacial score (nSPS) is 39.7. The van der Waals surface area contributed by atoms with E-state index < -0.39 is 41.3 Å². The summed E-state index contributed by atoms with van der Waals surface area (Å²) in [5, 5.41) is 31.3. The van der Waals surface area contributed by atoms with Crippen molar-refractivity contribution in [1.82, 2.24) is 4.90 Å². The molecule has 0 aliphatic carbocycles. The van der Waals surface area contributed by atoms with Crippen molar-refractivity contribution in [2.24, 2.45) is 45.3 Å². The lowest BCUT2D eigenvalue weighted by atomic mass is 9.62. The molecule has 3 heterocycles. The molecule has 3 aliphatic heterocycles. The summed E-state index contributed by atoms with van der Waals surface area (Å²) in [5.41, 5.74) is -2.03. The number of carbonyl (C=O) groups excluding carboxylic acids is 2. The summed E-state index contributed by atoms with van der Waals surface area (Å²) in [4.78, 5) is 28.4. The fraction of sp³-hybridized carbons (Fsp3) is 0.959. The summed E-state index contributed by atoms with van der Waals surface area (Å²) in [6, 6.07) is 0.206. The van der Waals surface area contributed by atoms with Crippen LogP contribution in [0.25, 0.3) is 0 Å². The van der Waals surface area contributed by atoms with E-state index >= 15 is 0 Å². The van der Waals surface area contributed by atoms with E-state index in [1.807, 2.05) is 69.5 Å². The van der Waals surface area contributed by atoms with Crippen LogP contribution in [0.3, 0.4) is 0 Å². The quantitative estimate of drug-likeness (QED) is 0.228. The standard InChI is InChI=1S/C25H46O5.C12H25NO2.C11H22O4.CH4/c1-14-13-23(6,7)21(29-12)16(3)24(8,9)17(4)22(28)30-18(5)25(10,11)20(27)15(2)19(14)26;1-8-7-9(13(5)6)10(14)11(15-8)12(2,3)4;1-7(2)14-9-6-11(4,13-5)10(12)8(3)15-9;/h14-18,20-21,27H,13H2,1-12H3;8-11,14H,7H2,1-6H3;7-10,12H,6H2,1-5H3;1H4. The molecule has 12 nitrogen and oxygen atoms in total. The Morgan fingerprint density at radius 2 is 1.33 bits per heavy atom. The number of cyclic esters (lactones) is 1. The average Bonchev–Trinajstić information content (AvgIpc) is 3.12. The highest BCUT2D eigenvalue weighted by Crippen LogP contribution is 2.47. The van der Waals surface area contributed by atoms with Gasteiger partial charge in [-0.3, -0.25) is 9.59 Å². The maximum atomic E-state index is 13.2. The minimum atomic E-state index is -0.915. The molecule has 0 amide bonds. The zero-order valence-corrected chi connectivity index (χ0v) is 42.3. The smallest absolute Gasteiger partial charge is 0.309 e. The van der Waals surface area contributed by atoms with Crippen molar-refractivity contribution in [3.05, 3.63) is 0 Å². The highest BCUT2D eigenvalue weighted by Gasteiger charge is 2.50. The summed E-state index contributed by atoms with van der Waals surface area (Å²) in [5.74, 6) is -1.31. The number of nitrogens with zero attached hydrogens (tertiary/aromatic N) is 1. The monoisotopic (exact) mass is 876 g/mol. The summed E-state index contributed by atoms with van der Waals surface area (Å²) in [6.45, 7) is 37.8. The third-order valence-corrected chi connectivity index (χ3v) is 14.5. The number of likely N-dealkylation sites (N-methyl/N-ethyl adjacent to an activating group) is 1. The predicted molar refractivity (Wildman–Crippen MR) is 245 cm³/mol. The number of hydrogen-bond acceptors (Lipinski definition) is 12. The molecule has 0 aromatic rings. The number of methoxy groups -OCH3 is 2. The first-order valence-corrected chi connectivity index (χ1v) is 22.5. The molecule has 61 heavy (non-hydrogen) atoms. The summed E-state index contributed by atoms with van der Waals surface area (Å²) in [6.07, 6.45) is -0.804. The molecule has 0 aromatic carbocycles. The van der Waals surface area contributed by atoms with Gasteiger partial charge in [0.05, 0.1) is 54.2 Å². The molecule has 0 saturated carbocycles. The Balaban J connectivity index is 0.000000972. The largest absolute Gasteiger partial charge is 0.462 e. The third kappa shape index (κ3) is 15.2. The number of carbonyl (C=O) groups is 2. The van der Waals surface area contributed by atoms with Crippen molar-refractivity contribution in [1.29, 1.82) is 0 Å². The lowest BCUT2D eigenvalue weighted by molar-refractivity contribution is -0.285. The average molecular weight is 876 g/mol. The Morgan fingerprint density at radius 3 is 1.77 bits per heavy atom. The molecule has 3 saturated heterocycles. The molecule has 0 aromatic heterocycles. The molecule has 3 rings (SSSR count). The Labute approximate surface area is 373 Å². The predicted octanol–water partition coefficient (Wildman–Crippen LogP) is 8.34. The summed E-state index contributed by atoms with van der Waals surface area (Å²) < 4.78 is 34.2. The molecule has 15 unspecified atom stereocenters. The van der Waals surface area contributed by atoms with Crippen LogP contribution in [0.4, 0.5) is 0 Å². The van der Waals surface area contributed by atoms with Gasteiger partial charge in [-0.25, -0.2) is 0 Å². The van der Waals surface area contributed by atoms with Gasteiger partial charge in [-0.15, -0.1) is 0 Å². The summed E-state index contributed by atoms with van der Waals surface area (Å²) >= 11 is 0. The minimum absolute atomic E-state index is 0. The number of hydrogen-bond donors (Lipinski definition) is 3. The van der Waals surface area contributed by atoms with Gasteiger partial charge in [0, 0.05) is 43.9 Å². The second-order valence-corrected chi connectivity index (χ2v) is 22.2. The van der Waals surface area contributed by atoms with Crippen molar-refractivity contribution in [3.63, 3.8) is 0 Å². The number of aliphatic hydroxyl groups is 3. The number of rotatable bonds is 5. The first-order chi connectivity index (χ1) is 27.0. The summed E-state index contributed by atoms with van der Waals surface area (Å²) in [7, 11) is 7.35.